The number of ether oxygens (including phenoxy) is 1. The first kappa shape index (κ1) is 16.4. The van der Waals surface area contributed by atoms with Gasteiger partial charge in [-0.2, -0.15) is 16.4 Å². The second-order valence-corrected chi connectivity index (χ2v) is 7.95. The number of aromatic nitrogens is 3. The summed E-state index contributed by atoms with van der Waals surface area (Å²) < 4.78 is 7.74. The molecule has 4 rings (SSSR count). The molecule has 1 fully saturated rings. The molecule has 6 nitrogen and oxygen atoms in total. The highest BCUT2D eigenvalue weighted by molar-refractivity contribution is 7.16. The third-order valence-corrected chi connectivity index (χ3v) is 5.87. The monoisotopic (exact) mass is 374 g/mol. The van der Waals surface area contributed by atoms with Crippen molar-refractivity contribution in [2.45, 2.75) is 19.1 Å². The van der Waals surface area contributed by atoms with E-state index in [0.29, 0.717) is 18.0 Å². The first-order valence-corrected chi connectivity index (χ1v) is 9.78. The predicted octanol–water partition coefficient (Wildman–Crippen LogP) is 3.21. The topological polar surface area (TPSA) is 60.2 Å². The van der Waals surface area contributed by atoms with E-state index in [-0.39, 0.29) is 18.1 Å². The minimum Gasteiger partial charge on any atom is -0.367 e. The molecule has 0 radical (unpaired) electrons. The lowest BCUT2D eigenvalue weighted by Gasteiger charge is -2.36. The molecule has 0 aromatic carbocycles. The van der Waals surface area contributed by atoms with Gasteiger partial charge < -0.3 is 9.64 Å². The Bertz CT molecular complexity index is 871. The van der Waals surface area contributed by atoms with Crippen LogP contribution in [0, 0.1) is 0 Å². The lowest BCUT2D eigenvalue weighted by molar-refractivity contribution is -0.0689. The summed E-state index contributed by atoms with van der Waals surface area (Å²) >= 11 is 3.05. The normalized spacial score (nSPS) is 20.8. The molecule has 0 spiro atoms. The molecule has 2 unspecified atom stereocenters. The van der Waals surface area contributed by atoms with E-state index in [1.54, 1.807) is 28.4 Å². The van der Waals surface area contributed by atoms with Gasteiger partial charge in [0.1, 0.15) is 16.0 Å². The maximum absolute atomic E-state index is 12.9. The van der Waals surface area contributed by atoms with Crippen LogP contribution in [0.5, 0.6) is 0 Å². The van der Waals surface area contributed by atoms with Gasteiger partial charge in [-0.05, 0) is 29.3 Å². The number of nitrogens with zero attached hydrogens (tertiary/aromatic N) is 4. The molecule has 0 saturated carbocycles. The van der Waals surface area contributed by atoms with Gasteiger partial charge in [0.2, 0.25) is 0 Å². The largest absolute Gasteiger partial charge is 0.367 e. The van der Waals surface area contributed by atoms with Gasteiger partial charge in [0.25, 0.3) is 5.91 Å². The van der Waals surface area contributed by atoms with Crippen LogP contribution in [0.3, 0.4) is 0 Å². The van der Waals surface area contributed by atoms with Crippen molar-refractivity contribution < 1.29 is 9.53 Å². The van der Waals surface area contributed by atoms with Crippen molar-refractivity contribution in [3.63, 3.8) is 0 Å². The van der Waals surface area contributed by atoms with Crippen molar-refractivity contribution in [3.8, 4) is 10.6 Å². The van der Waals surface area contributed by atoms with Crippen LogP contribution in [0.15, 0.2) is 35.4 Å². The number of amides is 1. The maximum Gasteiger partial charge on any atom is 0.265 e. The zero-order chi connectivity index (χ0) is 17.4. The van der Waals surface area contributed by atoms with Crippen LogP contribution in [0.2, 0.25) is 0 Å². The van der Waals surface area contributed by atoms with Crippen LogP contribution in [0.25, 0.3) is 10.6 Å². The summed E-state index contributed by atoms with van der Waals surface area (Å²) in [4.78, 5) is 19.8. The van der Waals surface area contributed by atoms with E-state index in [1.807, 2.05) is 30.4 Å². The molecule has 0 bridgehead atoms. The number of carbonyl (C=O) groups is 1. The van der Waals surface area contributed by atoms with Crippen LogP contribution >= 0.6 is 22.7 Å². The van der Waals surface area contributed by atoms with Crippen LogP contribution < -0.4 is 0 Å². The molecule has 1 amide bonds. The lowest BCUT2D eigenvalue weighted by atomic mass is 10.1. The molecule has 0 N–H and O–H groups in total. The molecular formula is C17H18N4O2S2. The average Bonchev–Trinajstić information content (AvgIpc) is 3.34. The summed E-state index contributed by atoms with van der Waals surface area (Å²) in [7, 11) is 1.86. The molecule has 25 heavy (non-hydrogen) atoms. The number of thiazole rings is 1. The fourth-order valence-corrected chi connectivity index (χ4v) is 4.51. The Morgan fingerprint density at radius 3 is 2.96 bits per heavy atom. The maximum atomic E-state index is 12.9. The Balaban J connectivity index is 1.53. The molecule has 3 aromatic heterocycles. The minimum absolute atomic E-state index is 0.00770. The Labute approximate surface area is 153 Å². The van der Waals surface area contributed by atoms with E-state index in [4.69, 9.17) is 4.74 Å². The van der Waals surface area contributed by atoms with Crippen molar-refractivity contribution in [2.75, 3.05) is 13.1 Å². The highest BCUT2D eigenvalue weighted by Gasteiger charge is 2.31. The summed E-state index contributed by atoms with van der Waals surface area (Å²) in [5.74, 6) is 0.0167. The summed E-state index contributed by atoms with van der Waals surface area (Å²) in [5.41, 5.74) is 2.06. The van der Waals surface area contributed by atoms with Crippen molar-refractivity contribution >= 4 is 28.6 Å². The van der Waals surface area contributed by atoms with E-state index in [2.05, 4.69) is 21.5 Å². The highest BCUT2D eigenvalue weighted by atomic mass is 32.1. The summed E-state index contributed by atoms with van der Waals surface area (Å²) in [6.45, 7) is 3.17. The minimum atomic E-state index is -0.0651. The van der Waals surface area contributed by atoms with Crippen LogP contribution in [-0.2, 0) is 11.8 Å². The number of thiophene rings is 1. The van der Waals surface area contributed by atoms with E-state index >= 15 is 0 Å². The SMILES string of the molecule is CC1CN(C(=O)c2cnc(-c3cnn(C)c3)s2)CC(c2ccsc2)O1. The van der Waals surface area contributed by atoms with Gasteiger partial charge in [-0.3, -0.25) is 9.48 Å². The number of morpholine rings is 1. The highest BCUT2D eigenvalue weighted by Crippen LogP contribution is 2.30. The molecule has 3 aromatic rings. The number of hydrogen-bond acceptors (Lipinski definition) is 6. The Morgan fingerprint density at radius 2 is 2.24 bits per heavy atom. The van der Waals surface area contributed by atoms with Gasteiger partial charge in [-0.15, -0.1) is 11.3 Å². The summed E-state index contributed by atoms with van der Waals surface area (Å²) in [5, 5.41) is 9.09. The van der Waals surface area contributed by atoms with E-state index in [1.165, 1.54) is 11.3 Å². The first-order valence-electron chi connectivity index (χ1n) is 8.02. The second kappa shape index (κ2) is 6.70. The molecule has 0 aliphatic carbocycles. The van der Waals surface area contributed by atoms with Crippen molar-refractivity contribution in [3.05, 3.63) is 45.9 Å². The molecule has 2 atom stereocenters. The quantitative estimate of drug-likeness (QED) is 0.706. The van der Waals surface area contributed by atoms with Crippen LogP contribution in [0.4, 0.5) is 0 Å². The number of hydrogen-bond donors (Lipinski definition) is 0. The summed E-state index contributed by atoms with van der Waals surface area (Å²) in [6, 6.07) is 2.06. The van der Waals surface area contributed by atoms with Gasteiger partial charge in [0.05, 0.1) is 25.0 Å². The number of rotatable bonds is 3. The first-order chi connectivity index (χ1) is 12.1. The lowest BCUT2D eigenvalue weighted by Crippen LogP contribution is -2.45. The molecule has 8 heteroatoms. The third-order valence-electron chi connectivity index (χ3n) is 4.13. The molecule has 130 valence electrons. The third kappa shape index (κ3) is 3.37. The zero-order valence-corrected chi connectivity index (χ0v) is 15.6. The number of carbonyl (C=O) groups excluding carboxylic acids is 1. The molecule has 4 heterocycles. The smallest absolute Gasteiger partial charge is 0.265 e. The molecule has 1 saturated heterocycles. The Morgan fingerprint density at radius 1 is 1.36 bits per heavy atom. The van der Waals surface area contributed by atoms with Crippen LogP contribution in [0.1, 0.15) is 28.3 Å². The fourth-order valence-electron chi connectivity index (χ4n) is 2.95. The molecule has 1 aliphatic rings. The van der Waals surface area contributed by atoms with Gasteiger partial charge in [0.15, 0.2) is 0 Å². The summed E-state index contributed by atoms with van der Waals surface area (Å²) in [6.07, 6.45) is 5.26. The molecular weight excluding hydrogens is 356 g/mol. The second-order valence-electron chi connectivity index (χ2n) is 6.13. The van der Waals surface area contributed by atoms with Crippen molar-refractivity contribution in [1.82, 2.24) is 19.7 Å². The van der Waals surface area contributed by atoms with Gasteiger partial charge >= 0.3 is 0 Å². The van der Waals surface area contributed by atoms with E-state index in [0.717, 1.165) is 16.1 Å². The van der Waals surface area contributed by atoms with Gasteiger partial charge in [-0.1, -0.05) is 0 Å². The standard InChI is InChI=1S/C17H18N4O2S2/c1-11-7-21(9-14(23-11)12-3-4-24-10-12)17(22)15-6-18-16(25-15)13-5-19-20(2)8-13/h3-6,8,10-11,14H,7,9H2,1-2H3. The zero-order valence-electron chi connectivity index (χ0n) is 14.0. The number of aryl methyl sites for hydroxylation is 1. The van der Waals surface area contributed by atoms with Gasteiger partial charge in [-0.25, -0.2) is 4.98 Å². The van der Waals surface area contributed by atoms with Crippen LogP contribution in [-0.4, -0.2) is 44.8 Å². The van der Waals surface area contributed by atoms with Gasteiger partial charge in [0, 0.05) is 25.4 Å². The van der Waals surface area contributed by atoms with Crippen molar-refractivity contribution in [1.29, 1.82) is 0 Å². The van der Waals surface area contributed by atoms with Crippen molar-refractivity contribution in [2.24, 2.45) is 7.05 Å². The Hall–Kier alpha value is -2.03. The van der Waals surface area contributed by atoms with E-state index < -0.39 is 0 Å². The van der Waals surface area contributed by atoms with E-state index in [9.17, 15) is 4.79 Å². The average molecular weight is 374 g/mol. The predicted molar refractivity (Wildman–Crippen MR) is 97.8 cm³/mol. The fraction of sp³-hybridized carbons (Fsp3) is 0.353. The molecule has 1 aliphatic heterocycles. The Kier molecular flexibility index (Phi) is 4.41.